The molecule has 0 aliphatic rings. The summed E-state index contributed by atoms with van der Waals surface area (Å²) in [5, 5.41) is 0. The van der Waals surface area contributed by atoms with Crippen LogP contribution in [0.5, 0.6) is 0 Å². The summed E-state index contributed by atoms with van der Waals surface area (Å²) in [6, 6.07) is 8.47. The molecule has 0 radical (unpaired) electrons. The van der Waals surface area contributed by atoms with Gasteiger partial charge >= 0.3 is 0 Å². The summed E-state index contributed by atoms with van der Waals surface area (Å²) in [4.78, 5) is 0. The molecule has 0 saturated heterocycles. The number of hydrogen-bond donors (Lipinski definition) is 0. The van der Waals surface area contributed by atoms with Gasteiger partial charge in [0.05, 0.1) is 0 Å². The monoisotopic (exact) mass is 186 g/mol. The van der Waals surface area contributed by atoms with Crippen molar-refractivity contribution in [2.24, 2.45) is 0 Å². The van der Waals surface area contributed by atoms with Crippen molar-refractivity contribution < 1.29 is 0 Å². The van der Waals surface area contributed by atoms with Crippen LogP contribution in [0.4, 0.5) is 0 Å². The molecule has 0 aromatic heterocycles. The van der Waals surface area contributed by atoms with Crippen molar-refractivity contribution in [1.29, 1.82) is 0 Å². The largest absolute Gasteiger partial charge is 0.0758 e. The Morgan fingerprint density at radius 2 is 1.14 bits per heavy atom. The van der Waals surface area contributed by atoms with Crippen molar-refractivity contribution in [3.63, 3.8) is 0 Å². The molecule has 0 unspecified atom stereocenters. The number of allylic oxidation sites excluding steroid dienone is 2. The normalized spacial score (nSPS) is 9.43. The Morgan fingerprint density at radius 1 is 0.786 bits per heavy atom. The maximum atomic E-state index is 2.22. The molecule has 0 heterocycles. The summed E-state index contributed by atoms with van der Waals surface area (Å²) >= 11 is 0. The first kappa shape index (κ1) is 10.8. The summed E-state index contributed by atoms with van der Waals surface area (Å²) in [6.45, 7) is 8.50. The highest BCUT2D eigenvalue weighted by Gasteiger charge is 1.94. The van der Waals surface area contributed by atoms with Gasteiger partial charge in [0.25, 0.3) is 0 Å². The van der Waals surface area contributed by atoms with Gasteiger partial charge in [-0.1, -0.05) is 47.6 Å². The predicted molar refractivity (Wildman–Crippen MR) is 65.1 cm³/mol. The zero-order valence-corrected chi connectivity index (χ0v) is 9.46. The van der Waals surface area contributed by atoms with Gasteiger partial charge in [-0.05, 0) is 38.8 Å². The zero-order valence-electron chi connectivity index (χ0n) is 9.46. The quantitative estimate of drug-likeness (QED) is 0.636. The van der Waals surface area contributed by atoms with Crippen molar-refractivity contribution in [2.45, 2.75) is 27.7 Å². The van der Waals surface area contributed by atoms with E-state index in [0.717, 1.165) is 0 Å². The fraction of sp³-hybridized carbons (Fsp3) is 0.286. The molecule has 74 valence electrons. The van der Waals surface area contributed by atoms with Gasteiger partial charge in [-0.25, -0.2) is 0 Å². The molecule has 1 rings (SSSR count). The first-order chi connectivity index (χ1) is 6.59. The van der Waals surface area contributed by atoms with E-state index in [2.05, 4.69) is 64.1 Å². The molecule has 14 heavy (non-hydrogen) atoms. The van der Waals surface area contributed by atoms with Crippen LogP contribution in [0.2, 0.25) is 0 Å². The predicted octanol–water partition coefficient (Wildman–Crippen LogP) is 4.53. The zero-order chi connectivity index (χ0) is 10.6. The highest BCUT2D eigenvalue weighted by molar-refractivity contribution is 5.67. The summed E-state index contributed by atoms with van der Waals surface area (Å²) in [5.74, 6) is 0. The maximum Gasteiger partial charge on any atom is -0.0185 e. The van der Waals surface area contributed by atoms with Crippen LogP contribution in [0.3, 0.4) is 0 Å². The summed E-state index contributed by atoms with van der Waals surface area (Å²) < 4.78 is 0. The van der Waals surface area contributed by atoms with E-state index in [0.29, 0.717) is 0 Å². The molecule has 1 aromatic carbocycles. The Kier molecular flexibility index (Phi) is 3.70. The second-order valence-electron chi connectivity index (χ2n) is 4.07. The van der Waals surface area contributed by atoms with E-state index in [9.17, 15) is 0 Å². The molecular formula is C14H18. The van der Waals surface area contributed by atoms with Crippen LogP contribution in [0, 0.1) is 0 Å². The third-order valence-electron chi connectivity index (χ3n) is 1.88. The fourth-order valence-electron chi connectivity index (χ4n) is 1.40. The Morgan fingerprint density at radius 3 is 1.43 bits per heavy atom. The topological polar surface area (TPSA) is 0 Å². The molecule has 0 fully saturated rings. The molecular weight excluding hydrogens is 168 g/mol. The molecule has 0 amide bonds. The molecule has 0 atom stereocenters. The van der Waals surface area contributed by atoms with Crippen LogP contribution >= 0.6 is 0 Å². The van der Waals surface area contributed by atoms with Crippen LogP contribution in [-0.4, -0.2) is 0 Å². The van der Waals surface area contributed by atoms with E-state index in [4.69, 9.17) is 0 Å². The minimum absolute atomic E-state index is 1.30. The molecule has 0 nitrogen and oxygen atoms in total. The van der Waals surface area contributed by atoms with Crippen LogP contribution in [-0.2, 0) is 0 Å². The van der Waals surface area contributed by atoms with Crippen molar-refractivity contribution in [1.82, 2.24) is 0 Å². The molecule has 0 aliphatic heterocycles. The van der Waals surface area contributed by atoms with E-state index < -0.39 is 0 Å². The van der Waals surface area contributed by atoms with E-state index in [1.165, 1.54) is 22.3 Å². The van der Waals surface area contributed by atoms with E-state index in [1.54, 1.807) is 0 Å². The minimum Gasteiger partial charge on any atom is -0.0758 e. The number of benzene rings is 1. The van der Waals surface area contributed by atoms with Crippen molar-refractivity contribution in [3.8, 4) is 0 Å². The highest BCUT2D eigenvalue weighted by atomic mass is 14.0. The molecule has 0 heteroatoms. The average Bonchev–Trinajstić information content (AvgIpc) is 2.06. The van der Waals surface area contributed by atoms with Crippen molar-refractivity contribution in [3.05, 3.63) is 46.5 Å². The van der Waals surface area contributed by atoms with Crippen LogP contribution < -0.4 is 0 Å². The standard InChI is InChI=1S/C14H18/c1-11(2)9-13-7-5-6-8-14(13)10-12(3)4/h5-10H,1-4H3. The van der Waals surface area contributed by atoms with Gasteiger partial charge in [-0.3, -0.25) is 0 Å². The lowest BCUT2D eigenvalue weighted by atomic mass is 10.0. The smallest absolute Gasteiger partial charge is 0.0185 e. The van der Waals surface area contributed by atoms with Crippen LogP contribution in [0.25, 0.3) is 12.2 Å². The first-order valence-corrected chi connectivity index (χ1v) is 4.98. The second-order valence-corrected chi connectivity index (χ2v) is 4.07. The molecule has 0 bridgehead atoms. The third kappa shape index (κ3) is 3.21. The van der Waals surface area contributed by atoms with Gasteiger partial charge in [0.2, 0.25) is 0 Å². The Hall–Kier alpha value is -1.30. The molecule has 0 aliphatic carbocycles. The van der Waals surface area contributed by atoms with Crippen LogP contribution in [0.1, 0.15) is 38.8 Å². The highest BCUT2D eigenvalue weighted by Crippen LogP contribution is 2.16. The summed E-state index contributed by atoms with van der Waals surface area (Å²) in [6.07, 6.45) is 4.43. The van der Waals surface area contributed by atoms with E-state index in [1.807, 2.05) is 0 Å². The Balaban J connectivity index is 3.16. The van der Waals surface area contributed by atoms with Gasteiger partial charge in [-0.2, -0.15) is 0 Å². The lowest BCUT2D eigenvalue weighted by Gasteiger charge is -2.02. The number of rotatable bonds is 2. The lowest BCUT2D eigenvalue weighted by molar-refractivity contribution is 1.40. The van der Waals surface area contributed by atoms with Gasteiger partial charge in [-0.15, -0.1) is 0 Å². The second kappa shape index (κ2) is 4.80. The third-order valence-corrected chi connectivity index (χ3v) is 1.88. The van der Waals surface area contributed by atoms with Crippen molar-refractivity contribution in [2.75, 3.05) is 0 Å². The van der Waals surface area contributed by atoms with Gasteiger partial charge in [0, 0.05) is 0 Å². The van der Waals surface area contributed by atoms with E-state index in [-0.39, 0.29) is 0 Å². The summed E-state index contributed by atoms with van der Waals surface area (Å²) in [7, 11) is 0. The SMILES string of the molecule is CC(C)=Cc1ccccc1C=C(C)C. The van der Waals surface area contributed by atoms with E-state index >= 15 is 0 Å². The first-order valence-electron chi connectivity index (χ1n) is 4.98. The molecule has 0 N–H and O–H groups in total. The number of hydrogen-bond acceptors (Lipinski definition) is 0. The minimum atomic E-state index is 1.30. The summed E-state index contributed by atoms with van der Waals surface area (Å²) in [5.41, 5.74) is 5.27. The average molecular weight is 186 g/mol. The Bertz CT molecular complexity index is 322. The lowest BCUT2D eigenvalue weighted by Crippen LogP contribution is -1.81. The maximum absolute atomic E-state index is 2.22. The van der Waals surface area contributed by atoms with Gasteiger partial charge in [0.15, 0.2) is 0 Å². The molecule has 0 saturated carbocycles. The molecule has 1 aromatic rings. The van der Waals surface area contributed by atoms with Gasteiger partial charge in [0.1, 0.15) is 0 Å². The fourth-order valence-corrected chi connectivity index (χ4v) is 1.40. The van der Waals surface area contributed by atoms with Crippen LogP contribution in [0.15, 0.2) is 35.4 Å². The van der Waals surface area contributed by atoms with Gasteiger partial charge < -0.3 is 0 Å². The molecule has 0 spiro atoms. The Labute approximate surface area is 87.0 Å². The van der Waals surface area contributed by atoms with Crippen molar-refractivity contribution >= 4 is 12.2 Å².